The normalized spacial score (nSPS) is 12.2. The molecule has 0 bridgehead atoms. The van der Waals surface area contributed by atoms with Gasteiger partial charge in [0, 0.05) is 5.41 Å². The van der Waals surface area contributed by atoms with Crippen LogP contribution in [-0.4, -0.2) is 5.11 Å². The van der Waals surface area contributed by atoms with E-state index < -0.39 is 10.9 Å². The molecule has 1 N–H and O–H groups in total. The summed E-state index contributed by atoms with van der Waals surface area (Å²) in [4.78, 5) is 22.7. The van der Waals surface area contributed by atoms with Crippen LogP contribution >= 0.6 is 0 Å². The number of rotatable bonds is 7. The molecule has 0 amide bonds. The maximum absolute atomic E-state index is 11.6. The zero-order valence-corrected chi connectivity index (χ0v) is 11.0. The average molecular weight is 238 g/mol. The Kier molecular flexibility index (Phi) is 4.49. The van der Waals surface area contributed by atoms with Crippen LogP contribution in [0.4, 0.5) is 0 Å². The maximum atomic E-state index is 11.6. The second-order valence-electron chi connectivity index (χ2n) is 5.15. The molecule has 0 aromatic heterocycles. The van der Waals surface area contributed by atoms with Crippen LogP contribution in [-0.2, 0) is 5.41 Å². The summed E-state index contributed by atoms with van der Waals surface area (Å²) < 4.78 is 0. The molecule has 0 aliphatic rings. The van der Waals surface area contributed by atoms with Crippen LogP contribution in [0, 0.1) is 0 Å². The van der Waals surface area contributed by atoms with Crippen molar-refractivity contribution in [3.8, 4) is 5.75 Å². The van der Waals surface area contributed by atoms with E-state index in [4.69, 9.17) is 0 Å². The Balaban J connectivity index is 2.98. The first kappa shape index (κ1) is 13.9. The van der Waals surface area contributed by atoms with Crippen molar-refractivity contribution in [1.29, 1.82) is 0 Å². The Morgan fingerprint density at radius 2 is 1.47 bits per heavy atom. The standard InChI is InChI=1S/C14H22O3/c1-4-6-8-14(3,9-7-5-2)10-11(15)13(17)12(10)16/h15H,4-9H2,1-3H3. The van der Waals surface area contributed by atoms with Gasteiger partial charge in [0.25, 0.3) is 5.43 Å². The molecule has 1 aromatic rings. The number of aromatic hydroxyl groups is 1. The molecular formula is C14H22O3. The molecule has 0 saturated heterocycles. The van der Waals surface area contributed by atoms with E-state index in [2.05, 4.69) is 13.8 Å². The summed E-state index contributed by atoms with van der Waals surface area (Å²) in [5, 5.41) is 9.59. The van der Waals surface area contributed by atoms with Gasteiger partial charge in [0.15, 0.2) is 5.75 Å². The van der Waals surface area contributed by atoms with Gasteiger partial charge in [0.2, 0.25) is 5.43 Å². The Morgan fingerprint density at radius 3 is 1.82 bits per heavy atom. The third kappa shape index (κ3) is 2.59. The molecule has 0 heterocycles. The molecule has 3 heteroatoms. The van der Waals surface area contributed by atoms with Gasteiger partial charge < -0.3 is 5.11 Å². The summed E-state index contributed by atoms with van der Waals surface area (Å²) in [5.74, 6) is -0.287. The van der Waals surface area contributed by atoms with Crippen molar-refractivity contribution in [3.63, 3.8) is 0 Å². The van der Waals surface area contributed by atoms with Crippen LogP contribution < -0.4 is 10.9 Å². The monoisotopic (exact) mass is 238 g/mol. The third-order valence-corrected chi connectivity index (χ3v) is 3.65. The van der Waals surface area contributed by atoms with E-state index in [9.17, 15) is 14.7 Å². The predicted molar refractivity (Wildman–Crippen MR) is 69.4 cm³/mol. The summed E-state index contributed by atoms with van der Waals surface area (Å²) in [7, 11) is 0. The summed E-state index contributed by atoms with van der Waals surface area (Å²) in [6.45, 7) is 6.19. The van der Waals surface area contributed by atoms with Crippen molar-refractivity contribution < 1.29 is 5.11 Å². The fourth-order valence-corrected chi connectivity index (χ4v) is 2.45. The third-order valence-electron chi connectivity index (χ3n) is 3.65. The van der Waals surface area contributed by atoms with Crippen LogP contribution in [0.5, 0.6) is 5.75 Å². The van der Waals surface area contributed by atoms with Crippen LogP contribution in [0.15, 0.2) is 9.59 Å². The van der Waals surface area contributed by atoms with E-state index in [0.717, 1.165) is 38.5 Å². The minimum Gasteiger partial charge on any atom is -0.504 e. The summed E-state index contributed by atoms with van der Waals surface area (Å²) in [6, 6.07) is 0. The molecule has 0 fully saturated rings. The van der Waals surface area contributed by atoms with Crippen molar-refractivity contribution in [2.24, 2.45) is 0 Å². The first-order valence-corrected chi connectivity index (χ1v) is 6.50. The molecule has 17 heavy (non-hydrogen) atoms. The van der Waals surface area contributed by atoms with Crippen molar-refractivity contribution in [1.82, 2.24) is 0 Å². The average Bonchev–Trinajstić information content (AvgIpc) is 2.34. The highest BCUT2D eigenvalue weighted by molar-refractivity contribution is 5.43. The second kappa shape index (κ2) is 5.48. The van der Waals surface area contributed by atoms with E-state index in [1.807, 2.05) is 6.92 Å². The fraction of sp³-hybridized carbons (Fsp3) is 0.714. The van der Waals surface area contributed by atoms with Gasteiger partial charge in [-0.25, -0.2) is 0 Å². The Hall–Kier alpha value is -1.12. The van der Waals surface area contributed by atoms with E-state index in [-0.39, 0.29) is 11.2 Å². The lowest BCUT2D eigenvalue weighted by atomic mass is 9.72. The lowest BCUT2D eigenvalue weighted by Crippen LogP contribution is -2.42. The van der Waals surface area contributed by atoms with Gasteiger partial charge in [-0.1, -0.05) is 46.5 Å². The summed E-state index contributed by atoms with van der Waals surface area (Å²) in [6.07, 6.45) is 5.86. The summed E-state index contributed by atoms with van der Waals surface area (Å²) >= 11 is 0. The molecule has 0 unspecified atom stereocenters. The minimum atomic E-state index is -0.709. The highest BCUT2D eigenvalue weighted by Crippen LogP contribution is 2.37. The Bertz CT molecular complexity index is 430. The minimum absolute atomic E-state index is 0.287. The largest absolute Gasteiger partial charge is 0.504 e. The number of hydrogen-bond donors (Lipinski definition) is 1. The van der Waals surface area contributed by atoms with Crippen molar-refractivity contribution in [3.05, 3.63) is 26.0 Å². The van der Waals surface area contributed by atoms with Gasteiger partial charge in [-0.2, -0.15) is 0 Å². The SMILES string of the molecule is CCCCC(C)(CCCC)c1c(O)c(=O)c1=O. The van der Waals surface area contributed by atoms with Crippen LogP contribution in [0.2, 0.25) is 0 Å². The topological polar surface area (TPSA) is 54.4 Å². The predicted octanol–water partition coefficient (Wildman–Crippen LogP) is 2.63. The number of hydrogen-bond acceptors (Lipinski definition) is 3. The highest BCUT2D eigenvalue weighted by atomic mass is 16.3. The smallest absolute Gasteiger partial charge is 0.268 e. The second-order valence-corrected chi connectivity index (χ2v) is 5.15. The van der Waals surface area contributed by atoms with Gasteiger partial charge in [-0.15, -0.1) is 0 Å². The zero-order chi connectivity index (χ0) is 13.1. The maximum Gasteiger partial charge on any atom is 0.268 e. The molecule has 1 aromatic carbocycles. The van der Waals surface area contributed by atoms with Crippen molar-refractivity contribution in [2.75, 3.05) is 0 Å². The molecule has 0 radical (unpaired) electrons. The van der Waals surface area contributed by atoms with Gasteiger partial charge in [0.05, 0.1) is 5.56 Å². The van der Waals surface area contributed by atoms with E-state index in [1.54, 1.807) is 0 Å². The highest BCUT2D eigenvalue weighted by Gasteiger charge is 2.36. The van der Waals surface area contributed by atoms with Gasteiger partial charge in [-0.05, 0) is 12.8 Å². The van der Waals surface area contributed by atoms with E-state index >= 15 is 0 Å². The molecule has 0 aliphatic heterocycles. The lowest BCUT2D eigenvalue weighted by molar-refractivity contribution is 0.343. The molecule has 1 rings (SSSR count). The molecule has 0 aliphatic carbocycles. The van der Waals surface area contributed by atoms with Gasteiger partial charge >= 0.3 is 0 Å². The van der Waals surface area contributed by atoms with E-state index in [1.165, 1.54) is 0 Å². The molecule has 0 spiro atoms. The number of unbranched alkanes of at least 4 members (excludes halogenated alkanes) is 2. The molecule has 0 atom stereocenters. The fourth-order valence-electron chi connectivity index (χ4n) is 2.45. The molecule has 3 nitrogen and oxygen atoms in total. The zero-order valence-electron chi connectivity index (χ0n) is 11.0. The van der Waals surface area contributed by atoms with Crippen molar-refractivity contribution in [2.45, 2.75) is 64.7 Å². The van der Waals surface area contributed by atoms with Gasteiger partial charge in [-0.3, -0.25) is 9.59 Å². The van der Waals surface area contributed by atoms with Gasteiger partial charge in [0.1, 0.15) is 0 Å². The Morgan fingerprint density at radius 1 is 1.00 bits per heavy atom. The molecule has 96 valence electrons. The molecule has 0 saturated carbocycles. The lowest BCUT2D eigenvalue weighted by Gasteiger charge is -2.31. The van der Waals surface area contributed by atoms with Crippen LogP contribution in [0.25, 0.3) is 0 Å². The van der Waals surface area contributed by atoms with Crippen LogP contribution in [0.3, 0.4) is 0 Å². The quantitative estimate of drug-likeness (QED) is 0.743. The Labute approximate surface area is 102 Å². The first-order chi connectivity index (χ1) is 7.98. The van der Waals surface area contributed by atoms with Crippen molar-refractivity contribution >= 4 is 0 Å². The first-order valence-electron chi connectivity index (χ1n) is 6.50. The summed E-state index contributed by atoms with van der Waals surface area (Å²) in [5.41, 5.74) is -1.12. The molecular weight excluding hydrogens is 216 g/mol. The van der Waals surface area contributed by atoms with Crippen LogP contribution in [0.1, 0.15) is 64.9 Å². The van der Waals surface area contributed by atoms with E-state index in [0.29, 0.717) is 5.56 Å².